The van der Waals surface area contributed by atoms with Gasteiger partial charge in [-0.3, -0.25) is 4.39 Å². The largest absolute Gasteiger partial charge is 0.251 e. The predicted octanol–water partition coefficient (Wildman–Crippen LogP) is 4.51. The second-order valence-electron chi connectivity index (χ2n) is 4.51. The van der Waals surface area contributed by atoms with Crippen LogP contribution in [-0.4, -0.2) is 6.67 Å². The minimum Gasteiger partial charge on any atom is -0.251 e. The van der Waals surface area contributed by atoms with E-state index in [2.05, 4.69) is 19.1 Å². The first kappa shape index (κ1) is 11.7. The van der Waals surface area contributed by atoms with E-state index in [1.54, 1.807) is 0 Å². The van der Waals surface area contributed by atoms with Gasteiger partial charge in [0.1, 0.15) is 0 Å². The van der Waals surface area contributed by atoms with Gasteiger partial charge < -0.3 is 0 Å². The van der Waals surface area contributed by atoms with E-state index in [0.717, 1.165) is 12.3 Å². The van der Waals surface area contributed by atoms with E-state index >= 15 is 0 Å². The summed E-state index contributed by atoms with van der Waals surface area (Å²) < 4.78 is 12.1. The number of hydrogen-bond acceptors (Lipinski definition) is 0. The average Bonchev–Trinajstić information content (AvgIpc) is 2.21. The first-order chi connectivity index (χ1) is 6.86. The van der Waals surface area contributed by atoms with Crippen molar-refractivity contribution in [2.24, 2.45) is 11.8 Å². The molecule has 82 valence electrons. The normalized spacial score (nSPS) is 28.4. The fraction of sp³-hybridized carbons (Fsp3) is 0.846. The zero-order valence-corrected chi connectivity index (χ0v) is 9.34. The molecule has 1 heteroatoms. The Balaban J connectivity index is 2.09. The molecule has 0 heterocycles. The summed E-state index contributed by atoms with van der Waals surface area (Å²) in [4.78, 5) is 0. The van der Waals surface area contributed by atoms with Gasteiger partial charge in [0.05, 0.1) is 6.67 Å². The zero-order chi connectivity index (χ0) is 10.2. The van der Waals surface area contributed by atoms with Crippen LogP contribution in [0.5, 0.6) is 0 Å². The lowest BCUT2D eigenvalue weighted by Crippen LogP contribution is -2.14. The van der Waals surface area contributed by atoms with E-state index in [0.29, 0.717) is 5.92 Å². The third kappa shape index (κ3) is 4.26. The van der Waals surface area contributed by atoms with Gasteiger partial charge in [-0.2, -0.15) is 0 Å². The Labute approximate surface area is 87.6 Å². The van der Waals surface area contributed by atoms with Gasteiger partial charge in [-0.1, -0.05) is 37.8 Å². The van der Waals surface area contributed by atoms with Crippen LogP contribution in [0.4, 0.5) is 4.39 Å². The van der Waals surface area contributed by atoms with Crippen molar-refractivity contribution in [3.05, 3.63) is 12.2 Å². The molecule has 0 bridgehead atoms. The summed E-state index contributed by atoms with van der Waals surface area (Å²) in [6.45, 7) is 1.96. The summed E-state index contributed by atoms with van der Waals surface area (Å²) in [5, 5.41) is 0. The molecule has 0 amide bonds. The number of hydrogen-bond donors (Lipinski definition) is 0. The minimum absolute atomic E-state index is 0.117. The summed E-state index contributed by atoms with van der Waals surface area (Å²) in [7, 11) is 0. The standard InChI is InChI=1S/C13H23F/c1-2-3-4-5-12-6-8-13(9-7-12)10-11-14/h2-3,12-13H,4-11H2,1H3. The fourth-order valence-corrected chi connectivity index (χ4v) is 2.46. The highest BCUT2D eigenvalue weighted by atomic mass is 19.1. The van der Waals surface area contributed by atoms with Crippen molar-refractivity contribution in [1.29, 1.82) is 0 Å². The van der Waals surface area contributed by atoms with E-state index in [1.165, 1.54) is 38.5 Å². The molecular formula is C13H23F. The average molecular weight is 198 g/mol. The van der Waals surface area contributed by atoms with Gasteiger partial charge in [0.2, 0.25) is 0 Å². The molecule has 0 saturated heterocycles. The molecule has 1 saturated carbocycles. The smallest absolute Gasteiger partial charge is 0.0897 e. The Morgan fingerprint density at radius 1 is 1.07 bits per heavy atom. The molecular weight excluding hydrogens is 175 g/mol. The molecule has 0 aromatic heterocycles. The number of rotatable bonds is 5. The molecule has 0 aromatic carbocycles. The van der Waals surface area contributed by atoms with Crippen LogP contribution in [0.15, 0.2) is 12.2 Å². The highest BCUT2D eigenvalue weighted by Crippen LogP contribution is 2.33. The SMILES string of the molecule is CC=CCCC1CCC(CCF)CC1. The molecule has 0 unspecified atom stereocenters. The molecule has 1 aliphatic rings. The quantitative estimate of drug-likeness (QED) is 0.570. The van der Waals surface area contributed by atoms with Gasteiger partial charge in [0, 0.05) is 0 Å². The maximum Gasteiger partial charge on any atom is 0.0897 e. The second kappa shape index (κ2) is 7.03. The molecule has 0 nitrogen and oxygen atoms in total. The van der Waals surface area contributed by atoms with Crippen LogP contribution in [0.3, 0.4) is 0 Å². The molecule has 0 atom stereocenters. The lowest BCUT2D eigenvalue weighted by atomic mass is 9.79. The van der Waals surface area contributed by atoms with Crippen molar-refractivity contribution in [2.45, 2.75) is 51.9 Å². The summed E-state index contributed by atoms with van der Waals surface area (Å²) in [6, 6.07) is 0. The van der Waals surface area contributed by atoms with Crippen molar-refractivity contribution >= 4 is 0 Å². The Hall–Kier alpha value is -0.330. The van der Waals surface area contributed by atoms with Crippen molar-refractivity contribution < 1.29 is 4.39 Å². The molecule has 1 fully saturated rings. The lowest BCUT2D eigenvalue weighted by Gasteiger charge is -2.27. The van der Waals surface area contributed by atoms with Crippen LogP contribution in [-0.2, 0) is 0 Å². The van der Waals surface area contributed by atoms with Gasteiger partial charge in [0.25, 0.3) is 0 Å². The number of allylic oxidation sites excluding steroid dienone is 2. The van der Waals surface area contributed by atoms with Crippen molar-refractivity contribution in [2.75, 3.05) is 6.67 Å². The Morgan fingerprint density at radius 3 is 2.14 bits per heavy atom. The third-order valence-corrected chi connectivity index (χ3v) is 3.46. The zero-order valence-electron chi connectivity index (χ0n) is 9.34. The van der Waals surface area contributed by atoms with Crippen molar-refractivity contribution in [3.8, 4) is 0 Å². The van der Waals surface area contributed by atoms with E-state index in [9.17, 15) is 4.39 Å². The minimum atomic E-state index is -0.117. The van der Waals surface area contributed by atoms with Crippen LogP contribution in [0.2, 0.25) is 0 Å². The van der Waals surface area contributed by atoms with Gasteiger partial charge >= 0.3 is 0 Å². The predicted molar refractivity (Wildman–Crippen MR) is 60.1 cm³/mol. The molecule has 0 aliphatic heterocycles. The number of halogens is 1. The van der Waals surface area contributed by atoms with Gasteiger partial charge in [0.15, 0.2) is 0 Å². The van der Waals surface area contributed by atoms with Gasteiger partial charge in [-0.05, 0) is 38.0 Å². The molecule has 0 radical (unpaired) electrons. The van der Waals surface area contributed by atoms with Crippen LogP contribution < -0.4 is 0 Å². The van der Waals surface area contributed by atoms with Crippen LogP contribution in [0.25, 0.3) is 0 Å². The van der Waals surface area contributed by atoms with Crippen LogP contribution in [0.1, 0.15) is 51.9 Å². The maximum atomic E-state index is 12.1. The highest BCUT2D eigenvalue weighted by Gasteiger charge is 2.19. The highest BCUT2D eigenvalue weighted by molar-refractivity contribution is 4.80. The van der Waals surface area contributed by atoms with E-state index in [4.69, 9.17) is 0 Å². The molecule has 1 rings (SSSR count). The molecule has 1 aliphatic carbocycles. The van der Waals surface area contributed by atoms with E-state index in [-0.39, 0.29) is 6.67 Å². The van der Waals surface area contributed by atoms with Crippen LogP contribution >= 0.6 is 0 Å². The second-order valence-corrected chi connectivity index (χ2v) is 4.51. The number of alkyl halides is 1. The monoisotopic (exact) mass is 198 g/mol. The van der Waals surface area contributed by atoms with Crippen LogP contribution in [0, 0.1) is 11.8 Å². The maximum absolute atomic E-state index is 12.1. The lowest BCUT2D eigenvalue weighted by molar-refractivity contribution is 0.239. The molecule has 0 aromatic rings. The first-order valence-corrected chi connectivity index (χ1v) is 6.04. The van der Waals surface area contributed by atoms with Crippen molar-refractivity contribution in [1.82, 2.24) is 0 Å². The van der Waals surface area contributed by atoms with E-state index < -0.39 is 0 Å². The Kier molecular flexibility index (Phi) is 5.89. The van der Waals surface area contributed by atoms with Crippen molar-refractivity contribution in [3.63, 3.8) is 0 Å². The molecule has 14 heavy (non-hydrogen) atoms. The molecule has 0 spiro atoms. The Bertz CT molecular complexity index is 155. The topological polar surface area (TPSA) is 0 Å². The third-order valence-electron chi connectivity index (χ3n) is 3.46. The summed E-state index contributed by atoms with van der Waals surface area (Å²) in [5.41, 5.74) is 0. The summed E-state index contributed by atoms with van der Waals surface area (Å²) in [5.74, 6) is 1.61. The fourth-order valence-electron chi connectivity index (χ4n) is 2.46. The summed E-state index contributed by atoms with van der Waals surface area (Å²) in [6.07, 6.45) is 13.0. The first-order valence-electron chi connectivity index (χ1n) is 6.04. The Morgan fingerprint density at radius 2 is 1.64 bits per heavy atom. The van der Waals surface area contributed by atoms with E-state index in [1.807, 2.05) is 0 Å². The summed E-state index contributed by atoms with van der Waals surface area (Å²) >= 11 is 0. The van der Waals surface area contributed by atoms with Gasteiger partial charge in [-0.25, -0.2) is 0 Å². The molecule has 0 N–H and O–H groups in total. The van der Waals surface area contributed by atoms with Gasteiger partial charge in [-0.15, -0.1) is 0 Å².